The molecule has 1 amide bonds. The number of methoxy groups -OCH3 is 1. The quantitative estimate of drug-likeness (QED) is 0.705. The molecule has 1 aromatic rings. The normalized spacial score (nSPS) is 9.79. The molecule has 0 aromatic carbocycles. The number of hydrogen-bond donors (Lipinski definition) is 1. The third kappa shape index (κ3) is 3.95. The largest absolute Gasteiger partial charge is 0.375 e. The predicted octanol–water partition coefficient (Wildman–Crippen LogP) is -0.218. The van der Waals surface area contributed by atoms with Crippen molar-refractivity contribution in [3.63, 3.8) is 0 Å². The summed E-state index contributed by atoms with van der Waals surface area (Å²) in [4.78, 5) is 18.7. The van der Waals surface area contributed by atoms with Gasteiger partial charge in [-0.3, -0.25) is 4.79 Å². The molecular formula is C9H13N3O2. The molecule has 0 saturated carbocycles. The molecule has 5 heteroatoms. The van der Waals surface area contributed by atoms with Crippen LogP contribution in [0.4, 0.5) is 0 Å². The summed E-state index contributed by atoms with van der Waals surface area (Å²) < 4.78 is 4.67. The smallest absolute Gasteiger partial charge is 0.245 e. The molecule has 0 radical (unpaired) electrons. The number of rotatable bonds is 5. The zero-order valence-corrected chi connectivity index (χ0v) is 8.06. The molecule has 1 aromatic heterocycles. The van der Waals surface area contributed by atoms with Gasteiger partial charge in [0, 0.05) is 26.0 Å². The number of hydrogen-bond acceptors (Lipinski definition) is 4. The van der Waals surface area contributed by atoms with Gasteiger partial charge in [-0.25, -0.2) is 9.97 Å². The van der Waals surface area contributed by atoms with Gasteiger partial charge in [0.1, 0.15) is 12.9 Å². The Hall–Kier alpha value is -1.49. The standard InChI is InChI=1S/C9H13N3O2/c1-14-6-9(13)12-3-2-8-4-10-7-11-5-8/h4-5,7H,2-3,6H2,1H3,(H,12,13). The van der Waals surface area contributed by atoms with Gasteiger partial charge >= 0.3 is 0 Å². The van der Waals surface area contributed by atoms with E-state index in [0.29, 0.717) is 6.54 Å². The van der Waals surface area contributed by atoms with E-state index >= 15 is 0 Å². The number of nitrogens with one attached hydrogen (secondary N) is 1. The summed E-state index contributed by atoms with van der Waals surface area (Å²) in [5.41, 5.74) is 1.00. The molecule has 1 rings (SSSR count). The summed E-state index contributed by atoms with van der Waals surface area (Å²) >= 11 is 0. The van der Waals surface area contributed by atoms with Crippen molar-refractivity contribution in [1.29, 1.82) is 0 Å². The molecule has 0 atom stereocenters. The van der Waals surface area contributed by atoms with E-state index in [4.69, 9.17) is 0 Å². The first-order chi connectivity index (χ1) is 6.83. The molecule has 76 valence electrons. The lowest BCUT2D eigenvalue weighted by atomic mass is 10.2. The van der Waals surface area contributed by atoms with Crippen molar-refractivity contribution in [2.75, 3.05) is 20.3 Å². The van der Waals surface area contributed by atoms with Gasteiger partial charge in [-0.15, -0.1) is 0 Å². The van der Waals surface area contributed by atoms with Crippen LogP contribution in [0.5, 0.6) is 0 Å². The molecule has 5 nitrogen and oxygen atoms in total. The van der Waals surface area contributed by atoms with Gasteiger partial charge in [-0.05, 0) is 12.0 Å². The third-order valence-electron chi connectivity index (χ3n) is 1.63. The Labute approximate surface area is 82.5 Å². The Morgan fingerprint density at radius 1 is 1.50 bits per heavy atom. The molecular weight excluding hydrogens is 182 g/mol. The topological polar surface area (TPSA) is 64.1 Å². The van der Waals surface area contributed by atoms with E-state index in [0.717, 1.165) is 12.0 Å². The summed E-state index contributed by atoms with van der Waals surface area (Å²) in [6, 6.07) is 0. The average molecular weight is 195 g/mol. The molecule has 14 heavy (non-hydrogen) atoms. The van der Waals surface area contributed by atoms with E-state index in [1.165, 1.54) is 13.4 Å². The van der Waals surface area contributed by atoms with Crippen LogP contribution in [-0.4, -0.2) is 36.1 Å². The van der Waals surface area contributed by atoms with Crippen molar-refractivity contribution in [1.82, 2.24) is 15.3 Å². The van der Waals surface area contributed by atoms with Crippen molar-refractivity contribution in [2.24, 2.45) is 0 Å². The fraction of sp³-hybridized carbons (Fsp3) is 0.444. The van der Waals surface area contributed by atoms with Crippen LogP contribution in [0.1, 0.15) is 5.56 Å². The van der Waals surface area contributed by atoms with Crippen molar-refractivity contribution in [2.45, 2.75) is 6.42 Å². The zero-order valence-electron chi connectivity index (χ0n) is 8.06. The van der Waals surface area contributed by atoms with E-state index in [1.54, 1.807) is 12.4 Å². The van der Waals surface area contributed by atoms with Gasteiger partial charge in [0.25, 0.3) is 0 Å². The SMILES string of the molecule is COCC(=O)NCCc1cncnc1. The van der Waals surface area contributed by atoms with Crippen molar-refractivity contribution in [3.05, 3.63) is 24.3 Å². The molecule has 0 aliphatic rings. The predicted molar refractivity (Wildman–Crippen MR) is 50.6 cm³/mol. The second-order valence-corrected chi connectivity index (χ2v) is 2.78. The van der Waals surface area contributed by atoms with Crippen LogP contribution in [0.15, 0.2) is 18.7 Å². The molecule has 0 fully saturated rings. The molecule has 0 bridgehead atoms. The summed E-state index contributed by atoms with van der Waals surface area (Å²) in [5, 5.41) is 2.71. The lowest BCUT2D eigenvalue weighted by Gasteiger charge is -2.03. The van der Waals surface area contributed by atoms with Crippen LogP contribution in [0.2, 0.25) is 0 Å². The van der Waals surface area contributed by atoms with Crippen molar-refractivity contribution < 1.29 is 9.53 Å². The van der Waals surface area contributed by atoms with E-state index in [2.05, 4.69) is 20.0 Å². The number of aromatic nitrogens is 2. The number of ether oxygens (including phenoxy) is 1. The minimum absolute atomic E-state index is 0.102. The Kier molecular flexibility index (Phi) is 4.57. The minimum Gasteiger partial charge on any atom is -0.375 e. The van der Waals surface area contributed by atoms with Gasteiger partial charge in [0.05, 0.1) is 0 Å². The first kappa shape index (κ1) is 10.6. The molecule has 0 saturated heterocycles. The van der Waals surface area contributed by atoms with E-state index in [9.17, 15) is 4.79 Å². The molecule has 0 unspecified atom stereocenters. The van der Waals surface area contributed by atoms with Crippen LogP contribution < -0.4 is 5.32 Å². The van der Waals surface area contributed by atoms with Crippen LogP contribution in [0.3, 0.4) is 0 Å². The second-order valence-electron chi connectivity index (χ2n) is 2.78. The van der Waals surface area contributed by atoms with Crippen LogP contribution in [0.25, 0.3) is 0 Å². The first-order valence-electron chi connectivity index (χ1n) is 4.32. The molecule has 1 N–H and O–H groups in total. The lowest BCUT2D eigenvalue weighted by Crippen LogP contribution is -2.28. The van der Waals surface area contributed by atoms with E-state index < -0.39 is 0 Å². The van der Waals surface area contributed by atoms with Gasteiger partial charge in [0.15, 0.2) is 0 Å². The highest BCUT2D eigenvalue weighted by atomic mass is 16.5. The van der Waals surface area contributed by atoms with Crippen molar-refractivity contribution in [3.8, 4) is 0 Å². The molecule has 1 heterocycles. The number of carbonyl (C=O) groups is 1. The highest BCUT2D eigenvalue weighted by Gasteiger charge is 1.98. The third-order valence-corrected chi connectivity index (χ3v) is 1.63. The highest BCUT2D eigenvalue weighted by molar-refractivity contribution is 5.77. The average Bonchev–Trinajstić information content (AvgIpc) is 2.20. The molecule has 0 aliphatic heterocycles. The summed E-state index contributed by atoms with van der Waals surface area (Å²) in [5.74, 6) is -0.107. The van der Waals surface area contributed by atoms with E-state index in [-0.39, 0.29) is 12.5 Å². The molecule has 0 aliphatic carbocycles. The summed E-state index contributed by atoms with van der Waals surface area (Å²) in [7, 11) is 1.49. The number of carbonyl (C=O) groups excluding carboxylic acids is 1. The van der Waals surface area contributed by atoms with Gasteiger partial charge in [-0.2, -0.15) is 0 Å². The maximum absolute atomic E-state index is 11.0. The summed E-state index contributed by atoms with van der Waals surface area (Å²) in [6.07, 6.45) is 5.67. The maximum atomic E-state index is 11.0. The van der Waals surface area contributed by atoms with Gasteiger partial charge in [0.2, 0.25) is 5.91 Å². The lowest BCUT2D eigenvalue weighted by molar-refractivity contribution is -0.124. The second kappa shape index (κ2) is 6.04. The van der Waals surface area contributed by atoms with Crippen LogP contribution >= 0.6 is 0 Å². The zero-order chi connectivity index (χ0) is 10.2. The van der Waals surface area contributed by atoms with Crippen molar-refractivity contribution >= 4 is 5.91 Å². The fourth-order valence-electron chi connectivity index (χ4n) is 0.987. The minimum atomic E-state index is -0.107. The Bertz CT molecular complexity index is 277. The Morgan fingerprint density at radius 2 is 2.21 bits per heavy atom. The maximum Gasteiger partial charge on any atom is 0.245 e. The highest BCUT2D eigenvalue weighted by Crippen LogP contribution is 1.92. The Balaban J connectivity index is 2.19. The van der Waals surface area contributed by atoms with E-state index in [1.807, 2.05) is 0 Å². The van der Waals surface area contributed by atoms with Crippen LogP contribution in [-0.2, 0) is 16.0 Å². The fourth-order valence-corrected chi connectivity index (χ4v) is 0.987. The Morgan fingerprint density at radius 3 is 2.86 bits per heavy atom. The number of amides is 1. The number of nitrogens with zero attached hydrogens (tertiary/aromatic N) is 2. The van der Waals surface area contributed by atoms with Gasteiger partial charge < -0.3 is 10.1 Å². The van der Waals surface area contributed by atoms with Gasteiger partial charge in [-0.1, -0.05) is 0 Å². The monoisotopic (exact) mass is 195 g/mol. The molecule has 0 spiro atoms. The van der Waals surface area contributed by atoms with Crippen LogP contribution in [0, 0.1) is 0 Å². The first-order valence-corrected chi connectivity index (χ1v) is 4.32. The summed E-state index contributed by atoms with van der Waals surface area (Å²) in [6.45, 7) is 0.681.